The van der Waals surface area contributed by atoms with Gasteiger partial charge in [-0.2, -0.15) is 0 Å². The van der Waals surface area contributed by atoms with Crippen molar-refractivity contribution in [2.24, 2.45) is 0 Å². The third-order valence-electron chi connectivity index (χ3n) is 2.00. The van der Waals surface area contributed by atoms with Gasteiger partial charge in [-0.3, -0.25) is 0 Å². The molecule has 0 aromatic carbocycles. The molecule has 0 radical (unpaired) electrons. The summed E-state index contributed by atoms with van der Waals surface area (Å²) in [5.41, 5.74) is 0. The number of aliphatic hydroxyl groups excluding tert-OH is 1. The average Bonchev–Trinajstić information content (AvgIpc) is 2.01. The van der Waals surface area contributed by atoms with Gasteiger partial charge in [0.25, 0.3) is 0 Å². The molecule has 74 valence electrons. The molecule has 0 saturated heterocycles. The zero-order valence-electron chi connectivity index (χ0n) is 7.82. The number of rotatable bonds is 5. The van der Waals surface area contributed by atoms with Gasteiger partial charge >= 0.3 is 0 Å². The first kappa shape index (κ1) is 11.9. The van der Waals surface area contributed by atoms with E-state index >= 15 is 0 Å². The Balaban J connectivity index is 4.35. The predicted molar refractivity (Wildman–Crippen MR) is 48.4 cm³/mol. The summed E-state index contributed by atoms with van der Waals surface area (Å²) in [7, 11) is -1.70. The number of nitrogens with zero attached hydrogens (tertiary/aromatic N) is 1. The second kappa shape index (κ2) is 4.79. The van der Waals surface area contributed by atoms with Crippen molar-refractivity contribution in [3.63, 3.8) is 0 Å². The summed E-state index contributed by atoms with van der Waals surface area (Å²) < 4.78 is 23.9. The molecule has 1 unspecified atom stereocenters. The lowest BCUT2D eigenvalue weighted by atomic mass is 10.3. The van der Waals surface area contributed by atoms with E-state index in [1.54, 1.807) is 7.05 Å². The van der Waals surface area contributed by atoms with Gasteiger partial charge in [-0.1, -0.05) is 6.92 Å². The summed E-state index contributed by atoms with van der Waals surface area (Å²) in [6, 6.07) is 0.00144. The molecule has 0 aromatic rings. The van der Waals surface area contributed by atoms with Gasteiger partial charge in [0, 0.05) is 13.1 Å². The van der Waals surface area contributed by atoms with Gasteiger partial charge in [0.2, 0.25) is 10.0 Å². The lowest BCUT2D eigenvalue weighted by Crippen LogP contribution is -2.37. The molecule has 0 heterocycles. The molecule has 0 aromatic heterocycles. The quantitative estimate of drug-likeness (QED) is 0.674. The van der Waals surface area contributed by atoms with E-state index in [9.17, 15) is 8.42 Å². The molecule has 0 bridgehead atoms. The van der Waals surface area contributed by atoms with Crippen molar-refractivity contribution in [3.05, 3.63) is 0 Å². The van der Waals surface area contributed by atoms with Crippen molar-refractivity contribution < 1.29 is 13.5 Å². The second-order valence-corrected chi connectivity index (χ2v) is 4.96. The van der Waals surface area contributed by atoms with Crippen LogP contribution in [-0.4, -0.2) is 43.3 Å². The SMILES string of the molecule is CCC(C)N(C)S(=O)(=O)CCO. The lowest BCUT2D eigenvalue weighted by molar-refractivity contribution is 0.312. The Morgan fingerprint density at radius 3 is 2.33 bits per heavy atom. The van der Waals surface area contributed by atoms with Crippen molar-refractivity contribution in [1.29, 1.82) is 0 Å². The van der Waals surface area contributed by atoms with Crippen molar-refractivity contribution in [3.8, 4) is 0 Å². The first-order chi connectivity index (χ1) is 5.45. The molecule has 12 heavy (non-hydrogen) atoms. The van der Waals surface area contributed by atoms with Crippen LogP contribution < -0.4 is 0 Å². The van der Waals surface area contributed by atoms with Crippen LogP contribution in [0.4, 0.5) is 0 Å². The highest BCUT2D eigenvalue weighted by atomic mass is 32.2. The average molecular weight is 195 g/mol. The fourth-order valence-corrected chi connectivity index (χ4v) is 2.01. The van der Waals surface area contributed by atoms with E-state index in [1.807, 2.05) is 13.8 Å². The van der Waals surface area contributed by atoms with Crippen LogP contribution in [0.15, 0.2) is 0 Å². The molecule has 0 rings (SSSR count). The summed E-state index contributed by atoms with van der Waals surface area (Å²) in [4.78, 5) is 0. The minimum atomic E-state index is -3.24. The highest BCUT2D eigenvalue weighted by Crippen LogP contribution is 2.06. The lowest BCUT2D eigenvalue weighted by Gasteiger charge is -2.22. The molecular formula is C7H17NO3S. The maximum Gasteiger partial charge on any atom is 0.216 e. The third-order valence-corrected chi connectivity index (χ3v) is 3.94. The minimum absolute atomic E-state index is 0.00144. The highest BCUT2D eigenvalue weighted by Gasteiger charge is 2.20. The number of aliphatic hydroxyl groups is 1. The molecule has 4 nitrogen and oxygen atoms in total. The van der Waals surface area contributed by atoms with Crippen LogP contribution in [-0.2, 0) is 10.0 Å². The fourth-order valence-electron chi connectivity index (χ4n) is 0.791. The minimum Gasteiger partial charge on any atom is -0.395 e. The molecule has 1 atom stereocenters. The van der Waals surface area contributed by atoms with Gasteiger partial charge in [-0.15, -0.1) is 0 Å². The van der Waals surface area contributed by atoms with E-state index < -0.39 is 10.0 Å². The van der Waals surface area contributed by atoms with Gasteiger partial charge in [-0.25, -0.2) is 12.7 Å². The normalized spacial score (nSPS) is 15.1. The Labute approximate surface area is 74.2 Å². The number of sulfonamides is 1. The summed E-state index contributed by atoms with van der Waals surface area (Å²) in [5.74, 6) is -0.187. The van der Waals surface area contributed by atoms with Gasteiger partial charge < -0.3 is 5.11 Å². The summed E-state index contributed by atoms with van der Waals surface area (Å²) in [5, 5.41) is 8.50. The molecule has 0 aliphatic carbocycles. The van der Waals surface area contributed by atoms with E-state index in [-0.39, 0.29) is 18.4 Å². The Bertz CT molecular complexity index is 213. The van der Waals surface area contributed by atoms with E-state index in [0.29, 0.717) is 0 Å². The van der Waals surface area contributed by atoms with Crippen LogP contribution >= 0.6 is 0 Å². The second-order valence-electron chi connectivity index (χ2n) is 2.81. The fraction of sp³-hybridized carbons (Fsp3) is 1.00. The van der Waals surface area contributed by atoms with E-state index in [4.69, 9.17) is 5.11 Å². The Hall–Kier alpha value is -0.130. The maximum absolute atomic E-state index is 11.3. The van der Waals surface area contributed by atoms with Crippen LogP contribution in [0.3, 0.4) is 0 Å². The zero-order valence-corrected chi connectivity index (χ0v) is 8.63. The van der Waals surface area contributed by atoms with Gasteiger partial charge in [-0.05, 0) is 13.3 Å². The molecular weight excluding hydrogens is 178 g/mol. The molecule has 0 amide bonds. The Morgan fingerprint density at radius 2 is 2.00 bits per heavy atom. The first-order valence-corrected chi connectivity index (χ1v) is 5.63. The molecule has 0 spiro atoms. The van der Waals surface area contributed by atoms with E-state index in [0.717, 1.165) is 6.42 Å². The smallest absolute Gasteiger partial charge is 0.216 e. The van der Waals surface area contributed by atoms with Crippen LogP contribution in [0.5, 0.6) is 0 Å². The maximum atomic E-state index is 11.3. The summed E-state index contributed by atoms with van der Waals surface area (Å²) in [6.07, 6.45) is 0.779. The number of hydrogen-bond acceptors (Lipinski definition) is 3. The number of hydrogen-bond donors (Lipinski definition) is 1. The van der Waals surface area contributed by atoms with Gasteiger partial charge in [0.15, 0.2) is 0 Å². The molecule has 0 fully saturated rings. The molecule has 0 saturated carbocycles. The summed E-state index contributed by atoms with van der Waals surface area (Å²) in [6.45, 7) is 3.45. The highest BCUT2D eigenvalue weighted by molar-refractivity contribution is 7.89. The zero-order chi connectivity index (χ0) is 9.78. The van der Waals surface area contributed by atoms with Crippen molar-refractivity contribution in [1.82, 2.24) is 4.31 Å². The van der Waals surface area contributed by atoms with Gasteiger partial charge in [0.05, 0.1) is 12.4 Å². The van der Waals surface area contributed by atoms with E-state index in [1.165, 1.54) is 4.31 Å². The van der Waals surface area contributed by atoms with Crippen molar-refractivity contribution in [2.45, 2.75) is 26.3 Å². The standard InChI is InChI=1S/C7H17NO3S/c1-4-7(2)8(3)12(10,11)6-5-9/h7,9H,4-6H2,1-3H3. The van der Waals surface area contributed by atoms with Gasteiger partial charge in [0.1, 0.15) is 0 Å². The van der Waals surface area contributed by atoms with Crippen LogP contribution in [0.25, 0.3) is 0 Å². The monoisotopic (exact) mass is 195 g/mol. The predicted octanol–water partition coefficient (Wildman–Crippen LogP) is 0.0388. The topological polar surface area (TPSA) is 57.6 Å². The van der Waals surface area contributed by atoms with E-state index in [2.05, 4.69) is 0 Å². The third kappa shape index (κ3) is 3.08. The first-order valence-electron chi connectivity index (χ1n) is 4.02. The van der Waals surface area contributed by atoms with Crippen LogP contribution in [0.2, 0.25) is 0 Å². The molecule has 0 aliphatic heterocycles. The summed E-state index contributed by atoms with van der Waals surface area (Å²) >= 11 is 0. The van der Waals surface area contributed by atoms with Crippen molar-refractivity contribution >= 4 is 10.0 Å². The van der Waals surface area contributed by atoms with Crippen LogP contribution in [0.1, 0.15) is 20.3 Å². The van der Waals surface area contributed by atoms with Crippen molar-refractivity contribution in [2.75, 3.05) is 19.4 Å². The Kier molecular flexibility index (Phi) is 4.74. The molecule has 5 heteroatoms. The molecule has 0 aliphatic rings. The van der Waals surface area contributed by atoms with Crippen LogP contribution in [0, 0.1) is 0 Å². The molecule has 1 N–H and O–H groups in total. The largest absolute Gasteiger partial charge is 0.395 e. The Morgan fingerprint density at radius 1 is 1.50 bits per heavy atom.